The molecule has 2 aromatic heterocycles. The molecular formula is C16H13ClN2O4S. The van der Waals surface area contributed by atoms with Gasteiger partial charge in [0.05, 0.1) is 21.2 Å². The van der Waals surface area contributed by atoms with Gasteiger partial charge >= 0.3 is 5.97 Å². The Labute approximate surface area is 143 Å². The lowest BCUT2D eigenvalue weighted by molar-refractivity contribution is 0.0468. The van der Waals surface area contributed by atoms with Crippen molar-refractivity contribution < 1.29 is 17.9 Å². The zero-order chi connectivity index (χ0) is 17.3. The van der Waals surface area contributed by atoms with Crippen LogP contribution in [0.3, 0.4) is 0 Å². The van der Waals surface area contributed by atoms with Gasteiger partial charge in [-0.05, 0) is 30.3 Å². The standard InChI is InChI=1S/C16H13ClN2O4S/c1-24(21,22)14-4-2-3-11(7-14)16(20)23-10-13-9-19-8-12(17)5-6-15(19)18-13/h2-9H,10H2,1H3. The van der Waals surface area contributed by atoms with Crippen LogP contribution in [0.1, 0.15) is 16.1 Å². The number of carbonyl (C=O) groups excluding carboxylic acids is 1. The number of pyridine rings is 1. The van der Waals surface area contributed by atoms with Crippen LogP contribution in [0.4, 0.5) is 0 Å². The molecular weight excluding hydrogens is 352 g/mol. The highest BCUT2D eigenvalue weighted by atomic mass is 35.5. The quantitative estimate of drug-likeness (QED) is 0.665. The fraction of sp³-hybridized carbons (Fsp3) is 0.125. The van der Waals surface area contributed by atoms with Crippen molar-refractivity contribution in [2.45, 2.75) is 11.5 Å². The van der Waals surface area contributed by atoms with Gasteiger partial charge in [-0.25, -0.2) is 18.2 Å². The highest BCUT2D eigenvalue weighted by Crippen LogP contribution is 2.15. The van der Waals surface area contributed by atoms with Gasteiger partial charge in [0.1, 0.15) is 12.3 Å². The Morgan fingerprint density at radius 2 is 2.04 bits per heavy atom. The summed E-state index contributed by atoms with van der Waals surface area (Å²) in [6.07, 6.45) is 4.49. The first-order valence-corrected chi connectivity index (χ1v) is 9.20. The van der Waals surface area contributed by atoms with Crippen LogP contribution in [0.15, 0.2) is 53.7 Å². The van der Waals surface area contributed by atoms with Gasteiger partial charge in [-0.3, -0.25) is 0 Å². The van der Waals surface area contributed by atoms with Gasteiger partial charge in [-0.1, -0.05) is 17.7 Å². The number of fused-ring (bicyclic) bond motifs is 1. The van der Waals surface area contributed by atoms with Gasteiger partial charge in [-0.15, -0.1) is 0 Å². The lowest BCUT2D eigenvalue weighted by Gasteiger charge is -2.04. The number of aromatic nitrogens is 2. The zero-order valence-electron chi connectivity index (χ0n) is 12.6. The van der Waals surface area contributed by atoms with E-state index in [0.717, 1.165) is 6.26 Å². The van der Waals surface area contributed by atoms with E-state index >= 15 is 0 Å². The zero-order valence-corrected chi connectivity index (χ0v) is 14.2. The summed E-state index contributed by atoms with van der Waals surface area (Å²) in [5, 5.41) is 0.570. The smallest absolute Gasteiger partial charge is 0.338 e. The molecule has 0 radical (unpaired) electrons. The molecule has 0 bridgehead atoms. The van der Waals surface area contributed by atoms with E-state index in [4.69, 9.17) is 16.3 Å². The van der Waals surface area contributed by atoms with Crippen LogP contribution < -0.4 is 0 Å². The third-order valence-electron chi connectivity index (χ3n) is 3.31. The second-order valence-electron chi connectivity index (χ2n) is 5.22. The maximum absolute atomic E-state index is 12.1. The van der Waals surface area contributed by atoms with Gasteiger partial charge in [0.15, 0.2) is 9.84 Å². The molecule has 0 aliphatic carbocycles. The third kappa shape index (κ3) is 3.58. The minimum absolute atomic E-state index is 0.0266. The summed E-state index contributed by atoms with van der Waals surface area (Å²) in [7, 11) is -3.38. The van der Waals surface area contributed by atoms with Crippen LogP contribution in [0.5, 0.6) is 0 Å². The van der Waals surface area contributed by atoms with Crippen molar-refractivity contribution in [2.75, 3.05) is 6.26 Å². The maximum Gasteiger partial charge on any atom is 0.338 e. The molecule has 0 aliphatic heterocycles. The first-order chi connectivity index (χ1) is 11.3. The summed E-state index contributed by atoms with van der Waals surface area (Å²) in [6, 6.07) is 9.19. The molecule has 0 saturated carbocycles. The largest absolute Gasteiger partial charge is 0.456 e. The average molecular weight is 365 g/mol. The van der Waals surface area contributed by atoms with Crippen molar-refractivity contribution in [3.05, 3.63) is 65.1 Å². The van der Waals surface area contributed by atoms with Gasteiger partial charge in [-0.2, -0.15) is 0 Å². The summed E-state index contributed by atoms with van der Waals surface area (Å²) in [5.41, 5.74) is 1.42. The van der Waals surface area contributed by atoms with Crippen molar-refractivity contribution in [3.63, 3.8) is 0 Å². The van der Waals surface area contributed by atoms with Gasteiger partial charge in [0.2, 0.25) is 0 Å². The second-order valence-corrected chi connectivity index (χ2v) is 7.67. The predicted molar refractivity (Wildman–Crippen MR) is 88.9 cm³/mol. The number of esters is 1. The van der Waals surface area contributed by atoms with Crippen molar-refractivity contribution >= 4 is 33.1 Å². The van der Waals surface area contributed by atoms with E-state index in [-0.39, 0.29) is 17.1 Å². The summed E-state index contributed by atoms with van der Waals surface area (Å²) in [6.45, 7) is -0.0266. The van der Waals surface area contributed by atoms with E-state index in [9.17, 15) is 13.2 Å². The summed E-state index contributed by atoms with van der Waals surface area (Å²) in [4.78, 5) is 16.5. The summed E-state index contributed by atoms with van der Waals surface area (Å²) < 4.78 is 30.0. The number of ether oxygens (including phenoxy) is 1. The van der Waals surface area contributed by atoms with Crippen molar-refractivity contribution in [2.24, 2.45) is 0 Å². The first kappa shape index (κ1) is 16.5. The molecule has 0 N–H and O–H groups in total. The number of rotatable bonds is 4. The topological polar surface area (TPSA) is 77.7 Å². The molecule has 2 heterocycles. The van der Waals surface area contributed by atoms with Crippen LogP contribution in [-0.4, -0.2) is 30.0 Å². The molecule has 0 spiro atoms. The minimum Gasteiger partial charge on any atom is -0.456 e. The predicted octanol–water partition coefficient (Wildman–Crippen LogP) is 2.75. The highest BCUT2D eigenvalue weighted by molar-refractivity contribution is 7.90. The van der Waals surface area contributed by atoms with Crippen LogP contribution in [-0.2, 0) is 21.2 Å². The SMILES string of the molecule is CS(=O)(=O)c1cccc(C(=O)OCc2cn3cc(Cl)ccc3n2)c1. The molecule has 0 amide bonds. The first-order valence-electron chi connectivity index (χ1n) is 6.93. The number of benzene rings is 1. The lowest BCUT2D eigenvalue weighted by Crippen LogP contribution is -2.07. The van der Waals surface area contributed by atoms with Crippen molar-refractivity contribution in [1.29, 1.82) is 0 Å². The van der Waals surface area contributed by atoms with Crippen molar-refractivity contribution in [3.8, 4) is 0 Å². The number of sulfone groups is 1. The molecule has 24 heavy (non-hydrogen) atoms. The second kappa shape index (κ2) is 6.26. The fourth-order valence-corrected chi connectivity index (χ4v) is 3.00. The molecule has 0 unspecified atom stereocenters. The van der Waals surface area contributed by atoms with Gasteiger partial charge in [0, 0.05) is 18.6 Å². The average Bonchev–Trinajstić information content (AvgIpc) is 2.94. The molecule has 6 nitrogen and oxygen atoms in total. The van der Waals surface area contributed by atoms with Crippen LogP contribution in [0, 0.1) is 0 Å². The molecule has 8 heteroatoms. The van der Waals surface area contributed by atoms with Crippen LogP contribution >= 0.6 is 11.6 Å². The van der Waals surface area contributed by atoms with E-state index in [0.29, 0.717) is 16.4 Å². The Kier molecular flexibility index (Phi) is 4.29. The summed E-state index contributed by atoms with van der Waals surface area (Å²) in [5.74, 6) is -0.615. The molecule has 0 fully saturated rings. The Morgan fingerprint density at radius 3 is 2.79 bits per heavy atom. The third-order valence-corrected chi connectivity index (χ3v) is 4.65. The molecule has 0 atom stereocenters. The normalized spacial score (nSPS) is 11.6. The fourth-order valence-electron chi connectivity index (χ4n) is 2.16. The Morgan fingerprint density at radius 1 is 1.25 bits per heavy atom. The Hall–Kier alpha value is -2.38. The molecule has 0 saturated heterocycles. The maximum atomic E-state index is 12.1. The van der Waals surface area contributed by atoms with E-state index < -0.39 is 15.8 Å². The Bertz CT molecular complexity index is 1030. The van der Waals surface area contributed by atoms with E-state index in [1.54, 1.807) is 28.9 Å². The van der Waals surface area contributed by atoms with Crippen LogP contribution in [0.25, 0.3) is 5.65 Å². The van der Waals surface area contributed by atoms with E-state index in [1.165, 1.54) is 24.3 Å². The highest BCUT2D eigenvalue weighted by Gasteiger charge is 2.13. The number of imidazole rings is 1. The molecule has 0 aliphatic rings. The van der Waals surface area contributed by atoms with E-state index in [1.807, 2.05) is 0 Å². The monoisotopic (exact) mass is 364 g/mol. The molecule has 3 aromatic rings. The van der Waals surface area contributed by atoms with E-state index in [2.05, 4.69) is 4.98 Å². The minimum atomic E-state index is -3.38. The summed E-state index contributed by atoms with van der Waals surface area (Å²) >= 11 is 5.90. The number of halogens is 1. The van der Waals surface area contributed by atoms with Gasteiger partial charge in [0.25, 0.3) is 0 Å². The van der Waals surface area contributed by atoms with Crippen LogP contribution in [0.2, 0.25) is 5.02 Å². The number of nitrogens with zero attached hydrogens (tertiary/aromatic N) is 2. The molecule has 3 rings (SSSR count). The number of carbonyl (C=O) groups is 1. The Balaban J connectivity index is 1.75. The molecule has 1 aromatic carbocycles. The van der Waals surface area contributed by atoms with Gasteiger partial charge < -0.3 is 9.14 Å². The molecule has 124 valence electrons. The number of hydrogen-bond donors (Lipinski definition) is 0. The number of hydrogen-bond acceptors (Lipinski definition) is 5. The van der Waals surface area contributed by atoms with Crippen molar-refractivity contribution in [1.82, 2.24) is 9.38 Å². The lowest BCUT2D eigenvalue weighted by atomic mass is 10.2.